The predicted octanol–water partition coefficient (Wildman–Crippen LogP) is 3.30. The Morgan fingerprint density at radius 1 is 0.944 bits per heavy atom. The molecule has 0 aliphatic rings. The average Bonchev–Trinajstić information content (AvgIpc) is 2.42. The van der Waals surface area contributed by atoms with Crippen LogP contribution < -0.4 is 0 Å². The summed E-state index contributed by atoms with van der Waals surface area (Å²) in [5.74, 6) is -0.939. The van der Waals surface area contributed by atoms with Gasteiger partial charge in [0.1, 0.15) is 5.41 Å². The van der Waals surface area contributed by atoms with Gasteiger partial charge < -0.3 is 5.11 Å². The molecule has 2 aromatic carbocycles. The summed E-state index contributed by atoms with van der Waals surface area (Å²) in [6.07, 6.45) is 0. The molecule has 92 valence electrons. The van der Waals surface area contributed by atoms with Gasteiger partial charge in [-0.3, -0.25) is 4.79 Å². The van der Waals surface area contributed by atoms with Crippen molar-refractivity contribution in [2.45, 2.75) is 5.41 Å². The van der Waals surface area contributed by atoms with Crippen molar-refractivity contribution < 1.29 is 9.90 Å². The maximum atomic E-state index is 11.8. The van der Waals surface area contributed by atoms with Gasteiger partial charge >= 0.3 is 5.97 Å². The summed E-state index contributed by atoms with van der Waals surface area (Å²) in [5.41, 5.74) is 0.196. The van der Waals surface area contributed by atoms with Crippen LogP contribution >= 0.6 is 11.6 Å². The molecule has 2 aromatic rings. The molecule has 0 saturated heterocycles. The highest BCUT2D eigenvalue weighted by molar-refractivity contribution is 6.21. The lowest BCUT2D eigenvalue weighted by Gasteiger charge is -2.28. The molecule has 0 aliphatic heterocycles. The number of hydrogen-bond acceptors (Lipinski definition) is 1. The van der Waals surface area contributed by atoms with Gasteiger partial charge in [0.25, 0.3) is 0 Å². The minimum atomic E-state index is -1.19. The van der Waals surface area contributed by atoms with Crippen molar-refractivity contribution in [2.75, 3.05) is 5.88 Å². The number of carboxylic acid groups (broad SMARTS) is 1. The summed E-state index contributed by atoms with van der Waals surface area (Å²) in [4.78, 5) is 11.8. The summed E-state index contributed by atoms with van der Waals surface area (Å²) in [6, 6.07) is 18.2. The van der Waals surface area contributed by atoms with E-state index >= 15 is 0 Å². The second kappa shape index (κ2) is 5.23. The Morgan fingerprint density at radius 2 is 1.33 bits per heavy atom. The summed E-state index contributed by atoms with van der Waals surface area (Å²) < 4.78 is 0. The molecule has 2 nitrogen and oxygen atoms in total. The van der Waals surface area contributed by atoms with Crippen molar-refractivity contribution in [2.24, 2.45) is 0 Å². The van der Waals surface area contributed by atoms with E-state index in [1.165, 1.54) is 0 Å². The van der Waals surface area contributed by atoms with Gasteiger partial charge in [0.05, 0.1) is 0 Å². The molecule has 1 N–H and O–H groups in total. The van der Waals surface area contributed by atoms with E-state index in [2.05, 4.69) is 0 Å². The van der Waals surface area contributed by atoms with E-state index in [-0.39, 0.29) is 5.88 Å². The second-order valence-corrected chi connectivity index (χ2v) is 4.34. The quantitative estimate of drug-likeness (QED) is 0.857. The molecule has 0 bridgehead atoms. The van der Waals surface area contributed by atoms with Gasteiger partial charge in [-0.25, -0.2) is 0 Å². The normalized spacial score (nSPS) is 11.2. The van der Waals surface area contributed by atoms with Crippen molar-refractivity contribution in [3.05, 3.63) is 71.8 Å². The number of carbonyl (C=O) groups is 1. The molecule has 0 atom stereocenters. The fraction of sp³-hybridized carbons (Fsp3) is 0.133. The van der Waals surface area contributed by atoms with E-state index in [0.29, 0.717) is 11.1 Å². The van der Waals surface area contributed by atoms with Gasteiger partial charge in [-0.05, 0) is 11.1 Å². The van der Waals surface area contributed by atoms with Crippen molar-refractivity contribution >= 4 is 17.6 Å². The van der Waals surface area contributed by atoms with Crippen LogP contribution in [0.15, 0.2) is 60.7 Å². The minimum Gasteiger partial charge on any atom is -0.480 e. The summed E-state index contributed by atoms with van der Waals surface area (Å²) >= 11 is 6.01. The molecule has 0 heterocycles. The maximum absolute atomic E-state index is 11.8. The van der Waals surface area contributed by atoms with E-state index in [0.717, 1.165) is 0 Å². The number of carboxylic acids is 1. The Labute approximate surface area is 111 Å². The SMILES string of the molecule is O=C(O)C(CCl)(c1ccccc1)c1ccccc1. The third kappa shape index (κ3) is 2.00. The first kappa shape index (κ1) is 12.7. The minimum absolute atomic E-state index is 0.00361. The summed E-state index contributed by atoms with van der Waals surface area (Å²) in [6.45, 7) is 0. The van der Waals surface area contributed by atoms with Crippen LogP contribution in [-0.4, -0.2) is 17.0 Å². The highest BCUT2D eigenvalue weighted by atomic mass is 35.5. The van der Waals surface area contributed by atoms with Crippen LogP contribution in [0, 0.1) is 0 Å². The molecular weight excluding hydrogens is 248 g/mol. The lowest BCUT2D eigenvalue weighted by Crippen LogP contribution is -2.39. The van der Waals surface area contributed by atoms with Crippen LogP contribution in [-0.2, 0) is 10.2 Å². The fourth-order valence-corrected chi connectivity index (χ4v) is 2.49. The zero-order valence-corrected chi connectivity index (χ0v) is 10.5. The van der Waals surface area contributed by atoms with E-state index < -0.39 is 11.4 Å². The van der Waals surface area contributed by atoms with Crippen LogP contribution in [0.25, 0.3) is 0 Å². The molecule has 2 rings (SSSR count). The Bertz CT molecular complexity index is 483. The standard InChI is InChI=1S/C15H13ClO2/c16-11-15(14(17)18,12-7-3-1-4-8-12)13-9-5-2-6-10-13/h1-10H,11H2,(H,17,18). The second-order valence-electron chi connectivity index (χ2n) is 4.08. The van der Waals surface area contributed by atoms with Gasteiger partial charge in [-0.1, -0.05) is 60.7 Å². The third-order valence-electron chi connectivity index (χ3n) is 3.10. The number of alkyl halides is 1. The van der Waals surface area contributed by atoms with Crippen LogP contribution in [0.5, 0.6) is 0 Å². The molecule has 0 fully saturated rings. The molecule has 3 heteroatoms. The molecule has 0 aliphatic carbocycles. The van der Waals surface area contributed by atoms with Crippen LogP contribution in [0.2, 0.25) is 0 Å². The van der Waals surface area contributed by atoms with Crippen molar-refractivity contribution in [1.82, 2.24) is 0 Å². The number of halogens is 1. The largest absolute Gasteiger partial charge is 0.480 e. The van der Waals surface area contributed by atoms with E-state index in [4.69, 9.17) is 11.6 Å². The number of rotatable bonds is 4. The number of benzene rings is 2. The monoisotopic (exact) mass is 260 g/mol. The highest BCUT2D eigenvalue weighted by Gasteiger charge is 2.41. The molecular formula is C15H13ClO2. The van der Waals surface area contributed by atoms with E-state index in [9.17, 15) is 9.90 Å². The van der Waals surface area contributed by atoms with Gasteiger partial charge in [0.15, 0.2) is 0 Å². The molecule has 0 unspecified atom stereocenters. The molecule has 0 spiro atoms. The van der Waals surface area contributed by atoms with Gasteiger partial charge in [-0.2, -0.15) is 0 Å². The first-order chi connectivity index (χ1) is 8.71. The number of aliphatic carboxylic acids is 1. The molecule has 0 radical (unpaired) electrons. The zero-order valence-electron chi connectivity index (χ0n) is 9.71. The van der Waals surface area contributed by atoms with Gasteiger partial charge in [0.2, 0.25) is 0 Å². The summed E-state index contributed by atoms with van der Waals surface area (Å²) in [5, 5.41) is 9.65. The summed E-state index contributed by atoms with van der Waals surface area (Å²) in [7, 11) is 0. The first-order valence-electron chi connectivity index (χ1n) is 5.62. The number of hydrogen-bond donors (Lipinski definition) is 1. The Kier molecular flexibility index (Phi) is 3.68. The van der Waals surface area contributed by atoms with E-state index in [1.54, 1.807) is 24.3 Å². The Morgan fingerprint density at radius 3 is 1.61 bits per heavy atom. The van der Waals surface area contributed by atoms with Gasteiger partial charge in [0, 0.05) is 5.88 Å². The zero-order chi connectivity index (χ0) is 13.0. The maximum Gasteiger partial charge on any atom is 0.319 e. The smallest absolute Gasteiger partial charge is 0.319 e. The van der Waals surface area contributed by atoms with Crippen LogP contribution in [0.3, 0.4) is 0 Å². The molecule has 0 amide bonds. The third-order valence-corrected chi connectivity index (χ3v) is 3.50. The Hall–Kier alpha value is -1.80. The Balaban J connectivity index is 2.65. The van der Waals surface area contributed by atoms with Crippen LogP contribution in [0.4, 0.5) is 0 Å². The first-order valence-corrected chi connectivity index (χ1v) is 6.15. The molecule has 18 heavy (non-hydrogen) atoms. The fourth-order valence-electron chi connectivity index (χ4n) is 2.07. The van der Waals surface area contributed by atoms with Crippen molar-refractivity contribution in [1.29, 1.82) is 0 Å². The van der Waals surface area contributed by atoms with Gasteiger partial charge in [-0.15, -0.1) is 11.6 Å². The lowest BCUT2D eigenvalue weighted by atomic mass is 9.76. The average molecular weight is 261 g/mol. The van der Waals surface area contributed by atoms with Crippen molar-refractivity contribution in [3.8, 4) is 0 Å². The molecule has 0 saturated carbocycles. The predicted molar refractivity (Wildman–Crippen MR) is 72.0 cm³/mol. The van der Waals surface area contributed by atoms with Crippen LogP contribution in [0.1, 0.15) is 11.1 Å². The lowest BCUT2D eigenvalue weighted by molar-refractivity contribution is -0.141. The van der Waals surface area contributed by atoms with E-state index in [1.807, 2.05) is 36.4 Å². The topological polar surface area (TPSA) is 37.3 Å². The highest BCUT2D eigenvalue weighted by Crippen LogP contribution is 2.33. The molecule has 0 aromatic heterocycles. The van der Waals surface area contributed by atoms with Crippen molar-refractivity contribution in [3.63, 3.8) is 0 Å².